The second kappa shape index (κ2) is 70.7. The zero-order valence-electron chi connectivity index (χ0n) is 34.7. The minimum absolute atomic E-state index is 0.0359. The van der Waals surface area contributed by atoms with Gasteiger partial charge in [-0.15, -0.1) is 0 Å². The van der Waals surface area contributed by atoms with E-state index in [-0.39, 0.29) is 52.9 Å². The average molecular weight is 865 g/mol. The van der Waals surface area contributed by atoms with E-state index in [1.807, 2.05) is 0 Å². The van der Waals surface area contributed by atoms with E-state index in [1.165, 1.54) is 0 Å². The first-order valence-corrected chi connectivity index (χ1v) is 19.6. The van der Waals surface area contributed by atoms with Gasteiger partial charge < -0.3 is 107 Å². The van der Waals surface area contributed by atoms with Crippen LogP contribution in [0, 0.1) is 0 Å². The normalized spacial score (nSPS) is 10.8. The van der Waals surface area contributed by atoms with Gasteiger partial charge in [0.15, 0.2) is 0 Å². The largest absolute Gasteiger partial charge is 0.394 e. The summed E-state index contributed by atoms with van der Waals surface area (Å²) in [6, 6.07) is 0. The Balaban J connectivity index is -0.000000344. The van der Waals surface area contributed by atoms with Crippen LogP contribution in [0.2, 0.25) is 0 Å². The highest BCUT2D eigenvalue weighted by atomic mass is 16.6. The zero-order valence-corrected chi connectivity index (χ0v) is 34.7. The Labute approximate surface area is 344 Å². The standard InChI is InChI=1S/C12H26O7.C10H22O6.C8H18O5.C6H14O4/c13-1-3-15-5-7-17-9-11-19-12-10-18-8-6-16-4-2-14;11-1-3-13-5-7-15-9-10-16-8-6-14-4-2-12;9-1-3-11-5-7-13-8-6-12-4-2-10;7-1-3-9-5-6-10-4-2-8/h13-14H,1-12H2;11-12H,1-10H2;9-10H,1-8H2;7-8H,1-6H2. The molecule has 0 atom stereocenters. The summed E-state index contributed by atoms with van der Waals surface area (Å²) in [5.41, 5.74) is 0. The maximum Gasteiger partial charge on any atom is 0.0701 e. The molecular weight excluding hydrogens is 784 g/mol. The minimum atomic E-state index is 0.0359. The van der Waals surface area contributed by atoms with Crippen molar-refractivity contribution in [3.63, 3.8) is 0 Å². The first kappa shape index (κ1) is 63.8. The van der Waals surface area contributed by atoms with Gasteiger partial charge in [-0.05, 0) is 0 Å². The van der Waals surface area contributed by atoms with Gasteiger partial charge in [0.05, 0.1) is 238 Å². The van der Waals surface area contributed by atoms with Crippen molar-refractivity contribution in [1.29, 1.82) is 0 Å². The summed E-state index contributed by atoms with van der Waals surface area (Å²) in [5.74, 6) is 0. The molecule has 0 saturated carbocycles. The molecule has 0 aliphatic heterocycles. The highest BCUT2D eigenvalue weighted by molar-refractivity contribution is 4.38. The summed E-state index contributed by atoms with van der Waals surface area (Å²) in [6.45, 7) is 13.1. The third-order valence-electron chi connectivity index (χ3n) is 5.61. The van der Waals surface area contributed by atoms with E-state index in [4.69, 9.17) is 107 Å². The van der Waals surface area contributed by atoms with Crippen molar-refractivity contribution in [1.82, 2.24) is 0 Å². The molecule has 22 heteroatoms. The molecule has 22 nitrogen and oxygen atoms in total. The summed E-state index contributed by atoms with van der Waals surface area (Å²) in [4.78, 5) is 0. The van der Waals surface area contributed by atoms with Crippen LogP contribution in [0.5, 0.6) is 0 Å². The van der Waals surface area contributed by atoms with Crippen molar-refractivity contribution in [3.8, 4) is 0 Å². The van der Waals surface area contributed by atoms with Crippen LogP contribution in [0.15, 0.2) is 0 Å². The van der Waals surface area contributed by atoms with E-state index >= 15 is 0 Å². The van der Waals surface area contributed by atoms with Crippen molar-refractivity contribution in [3.05, 3.63) is 0 Å². The summed E-state index contributed by atoms with van der Waals surface area (Å²) in [6.07, 6.45) is 0. The lowest BCUT2D eigenvalue weighted by Crippen LogP contribution is -2.14. The molecule has 0 aliphatic carbocycles. The van der Waals surface area contributed by atoms with Crippen molar-refractivity contribution in [2.45, 2.75) is 0 Å². The summed E-state index contributed by atoms with van der Waals surface area (Å²) < 4.78 is 70.9. The monoisotopic (exact) mass is 865 g/mol. The third kappa shape index (κ3) is 79.3. The first-order valence-electron chi connectivity index (χ1n) is 19.6. The quantitative estimate of drug-likeness (QED) is 0.0272. The molecule has 0 aromatic heterocycles. The molecule has 58 heavy (non-hydrogen) atoms. The van der Waals surface area contributed by atoms with Crippen molar-refractivity contribution < 1.29 is 107 Å². The Morgan fingerprint density at radius 1 is 0.121 bits per heavy atom. The number of aliphatic hydroxyl groups excluding tert-OH is 8. The molecule has 0 aliphatic rings. The van der Waals surface area contributed by atoms with Gasteiger partial charge in [0.25, 0.3) is 0 Å². The fourth-order valence-corrected chi connectivity index (χ4v) is 3.12. The van der Waals surface area contributed by atoms with Crippen LogP contribution in [0.25, 0.3) is 0 Å². The minimum Gasteiger partial charge on any atom is -0.394 e. The molecular formula is C36H80O22. The van der Waals surface area contributed by atoms with Crippen molar-refractivity contribution in [2.24, 2.45) is 0 Å². The second-order valence-electron chi connectivity index (χ2n) is 10.4. The Kier molecular flexibility index (Phi) is 77.7. The summed E-state index contributed by atoms with van der Waals surface area (Å²) in [7, 11) is 0. The molecule has 0 fully saturated rings. The molecule has 356 valence electrons. The molecule has 0 radical (unpaired) electrons. The summed E-state index contributed by atoms with van der Waals surface area (Å²) in [5, 5.41) is 67.0. The van der Waals surface area contributed by atoms with Crippen LogP contribution in [-0.4, -0.2) is 279 Å². The molecule has 0 heterocycles. The fourth-order valence-electron chi connectivity index (χ4n) is 3.12. The van der Waals surface area contributed by atoms with E-state index in [1.54, 1.807) is 0 Å². The fraction of sp³-hybridized carbons (Fsp3) is 1.00. The molecule has 0 rings (SSSR count). The van der Waals surface area contributed by atoms with Crippen LogP contribution in [0.4, 0.5) is 0 Å². The van der Waals surface area contributed by atoms with E-state index in [0.29, 0.717) is 185 Å². The average Bonchev–Trinajstić information content (AvgIpc) is 3.24. The Bertz CT molecular complexity index is 572. The predicted octanol–water partition coefficient (Wildman–Crippen LogP) is -3.88. The van der Waals surface area contributed by atoms with Gasteiger partial charge in [-0.2, -0.15) is 0 Å². The molecule has 0 aromatic rings. The van der Waals surface area contributed by atoms with E-state index in [9.17, 15) is 0 Å². The molecule has 0 saturated heterocycles. The predicted molar refractivity (Wildman–Crippen MR) is 208 cm³/mol. The highest BCUT2D eigenvalue weighted by Crippen LogP contribution is 1.85. The lowest BCUT2D eigenvalue weighted by atomic mass is 10.7. The molecule has 0 spiro atoms. The maximum absolute atomic E-state index is 8.45. The zero-order chi connectivity index (χ0) is 43.4. The molecule has 0 amide bonds. The molecule has 8 N–H and O–H groups in total. The van der Waals surface area contributed by atoms with Crippen LogP contribution < -0.4 is 0 Å². The van der Waals surface area contributed by atoms with Crippen molar-refractivity contribution in [2.75, 3.05) is 238 Å². The third-order valence-corrected chi connectivity index (χ3v) is 5.61. The van der Waals surface area contributed by atoms with Crippen molar-refractivity contribution >= 4 is 0 Å². The molecule has 0 bridgehead atoms. The smallest absolute Gasteiger partial charge is 0.0701 e. The molecule has 0 unspecified atom stereocenters. The SMILES string of the molecule is OCCOCCOCCO.OCCOCCOCCOCCO.OCCOCCOCCOCCOCCO.OCCOCCOCCOCCOCCOCCO. The van der Waals surface area contributed by atoms with E-state index < -0.39 is 0 Å². The number of aliphatic hydroxyl groups is 8. The number of hydrogen-bond acceptors (Lipinski definition) is 22. The number of rotatable bonds is 46. The number of ether oxygens (including phenoxy) is 14. The van der Waals surface area contributed by atoms with Gasteiger partial charge in [-0.25, -0.2) is 0 Å². The van der Waals surface area contributed by atoms with Gasteiger partial charge in [0, 0.05) is 0 Å². The Morgan fingerprint density at radius 3 is 0.259 bits per heavy atom. The van der Waals surface area contributed by atoms with Crippen LogP contribution in [-0.2, 0) is 66.3 Å². The van der Waals surface area contributed by atoms with Crippen LogP contribution >= 0.6 is 0 Å². The Hall–Kier alpha value is -0.880. The lowest BCUT2D eigenvalue weighted by molar-refractivity contribution is -0.0151. The van der Waals surface area contributed by atoms with Gasteiger partial charge in [-0.1, -0.05) is 0 Å². The van der Waals surface area contributed by atoms with Gasteiger partial charge in [0.1, 0.15) is 0 Å². The van der Waals surface area contributed by atoms with Crippen LogP contribution in [0.3, 0.4) is 0 Å². The Morgan fingerprint density at radius 2 is 0.190 bits per heavy atom. The topological polar surface area (TPSA) is 291 Å². The van der Waals surface area contributed by atoms with Gasteiger partial charge >= 0.3 is 0 Å². The second-order valence-corrected chi connectivity index (χ2v) is 10.4. The highest BCUT2D eigenvalue weighted by Gasteiger charge is 1.95. The maximum atomic E-state index is 8.45. The van der Waals surface area contributed by atoms with Crippen LogP contribution in [0.1, 0.15) is 0 Å². The van der Waals surface area contributed by atoms with Gasteiger partial charge in [-0.3, -0.25) is 0 Å². The lowest BCUT2D eigenvalue weighted by Gasteiger charge is -2.07. The van der Waals surface area contributed by atoms with E-state index in [0.717, 1.165) is 0 Å². The summed E-state index contributed by atoms with van der Waals surface area (Å²) >= 11 is 0. The number of hydrogen-bond donors (Lipinski definition) is 8. The first-order chi connectivity index (χ1) is 28.7. The van der Waals surface area contributed by atoms with Gasteiger partial charge in [0.2, 0.25) is 0 Å². The molecule has 0 aromatic carbocycles. The van der Waals surface area contributed by atoms with E-state index in [2.05, 4.69) is 0 Å².